The lowest BCUT2D eigenvalue weighted by Gasteiger charge is -2.10. The number of halogens is 1. The zero-order valence-corrected chi connectivity index (χ0v) is 13.1. The van der Waals surface area contributed by atoms with Gasteiger partial charge in [-0.2, -0.15) is 0 Å². The van der Waals surface area contributed by atoms with Crippen molar-refractivity contribution in [2.24, 2.45) is 0 Å². The zero-order valence-electron chi connectivity index (χ0n) is 11.5. The molecular weight excluding hydrogens is 320 g/mol. The van der Waals surface area contributed by atoms with Crippen LogP contribution in [0.2, 0.25) is 0 Å². The summed E-state index contributed by atoms with van der Waals surface area (Å²) in [7, 11) is 1.72. The van der Waals surface area contributed by atoms with Gasteiger partial charge in [0.2, 0.25) is 0 Å². The number of hydrogen-bond acceptors (Lipinski definition) is 4. The second-order valence-corrected chi connectivity index (χ2v) is 5.34. The Hall–Kier alpha value is -1.95. The molecule has 0 radical (unpaired) electrons. The standard InChI is InChI=1S/C14H15BrN4O/c1-8-4-9(2)18-12(5-8)19-14(20)11-6-10(15)7-17-13(11)16-3/h4-7H,1-3H3,(H,16,17)(H,18,19,20). The molecule has 0 unspecified atom stereocenters. The lowest BCUT2D eigenvalue weighted by molar-refractivity contribution is 0.102. The number of aromatic nitrogens is 2. The minimum absolute atomic E-state index is 0.249. The molecule has 0 spiro atoms. The molecule has 20 heavy (non-hydrogen) atoms. The van der Waals surface area contributed by atoms with E-state index in [9.17, 15) is 4.79 Å². The van der Waals surface area contributed by atoms with Crippen molar-refractivity contribution in [3.05, 3.63) is 45.7 Å². The van der Waals surface area contributed by atoms with Gasteiger partial charge >= 0.3 is 0 Å². The predicted molar refractivity (Wildman–Crippen MR) is 83.1 cm³/mol. The molecule has 2 aromatic heterocycles. The Morgan fingerprint density at radius 3 is 2.65 bits per heavy atom. The Bertz CT molecular complexity index is 637. The van der Waals surface area contributed by atoms with E-state index in [2.05, 4.69) is 36.5 Å². The minimum atomic E-state index is -0.249. The van der Waals surface area contributed by atoms with Gasteiger partial charge in [0, 0.05) is 23.4 Å². The SMILES string of the molecule is CNc1ncc(Br)cc1C(=O)Nc1cc(C)cc(C)n1. The summed E-state index contributed by atoms with van der Waals surface area (Å²) in [6.45, 7) is 3.85. The van der Waals surface area contributed by atoms with Crippen molar-refractivity contribution < 1.29 is 4.79 Å². The fourth-order valence-electron chi connectivity index (χ4n) is 1.90. The molecule has 2 rings (SSSR count). The average molecular weight is 335 g/mol. The highest BCUT2D eigenvalue weighted by Gasteiger charge is 2.13. The van der Waals surface area contributed by atoms with E-state index in [0.717, 1.165) is 15.7 Å². The first-order valence-electron chi connectivity index (χ1n) is 6.09. The molecule has 0 saturated carbocycles. The highest BCUT2D eigenvalue weighted by atomic mass is 79.9. The van der Waals surface area contributed by atoms with Crippen LogP contribution in [-0.2, 0) is 0 Å². The molecule has 0 aromatic carbocycles. The smallest absolute Gasteiger partial charge is 0.260 e. The lowest BCUT2D eigenvalue weighted by atomic mass is 10.2. The molecule has 0 atom stereocenters. The number of pyridine rings is 2. The summed E-state index contributed by atoms with van der Waals surface area (Å²) in [5.74, 6) is 0.810. The molecular formula is C14H15BrN4O. The summed E-state index contributed by atoms with van der Waals surface area (Å²) in [4.78, 5) is 20.8. The van der Waals surface area contributed by atoms with Crippen LogP contribution in [-0.4, -0.2) is 22.9 Å². The van der Waals surface area contributed by atoms with Crippen LogP contribution in [0.25, 0.3) is 0 Å². The van der Waals surface area contributed by atoms with Gasteiger partial charge in [-0.15, -0.1) is 0 Å². The van der Waals surface area contributed by atoms with Crippen molar-refractivity contribution >= 4 is 33.5 Å². The molecule has 5 nitrogen and oxygen atoms in total. The van der Waals surface area contributed by atoms with Crippen LogP contribution >= 0.6 is 15.9 Å². The van der Waals surface area contributed by atoms with Gasteiger partial charge in [-0.3, -0.25) is 4.79 Å². The Morgan fingerprint density at radius 2 is 2.00 bits per heavy atom. The summed E-state index contributed by atoms with van der Waals surface area (Å²) < 4.78 is 0.745. The largest absolute Gasteiger partial charge is 0.372 e. The van der Waals surface area contributed by atoms with Gasteiger partial charge < -0.3 is 10.6 Å². The topological polar surface area (TPSA) is 66.9 Å². The van der Waals surface area contributed by atoms with Crippen molar-refractivity contribution in [3.63, 3.8) is 0 Å². The third kappa shape index (κ3) is 3.33. The molecule has 104 valence electrons. The minimum Gasteiger partial charge on any atom is -0.372 e. The number of nitrogens with zero attached hydrogens (tertiary/aromatic N) is 2. The van der Waals surface area contributed by atoms with Crippen molar-refractivity contribution in [3.8, 4) is 0 Å². The first-order valence-corrected chi connectivity index (χ1v) is 6.89. The monoisotopic (exact) mass is 334 g/mol. The number of nitrogens with one attached hydrogen (secondary N) is 2. The van der Waals surface area contributed by atoms with Crippen LogP contribution in [0.1, 0.15) is 21.6 Å². The predicted octanol–water partition coefficient (Wildman–Crippen LogP) is 3.15. The van der Waals surface area contributed by atoms with Gasteiger partial charge in [0.15, 0.2) is 0 Å². The Morgan fingerprint density at radius 1 is 1.25 bits per heavy atom. The molecule has 0 aliphatic heterocycles. The van der Waals surface area contributed by atoms with Crippen LogP contribution in [0.3, 0.4) is 0 Å². The van der Waals surface area contributed by atoms with E-state index in [1.165, 1.54) is 0 Å². The third-order valence-corrected chi connectivity index (χ3v) is 3.11. The summed E-state index contributed by atoms with van der Waals surface area (Å²) in [5.41, 5.74) is 2.37. The number of anilines is 2. The molecule has 1 amide bonds. The van der Waals surface area contributed by atoms with Crippen molar-refractivity contribution in [1.29, 1.82) is 0 Å². The van der Waals surface area contributed by atoms with Gasteiger partial charge in [0.1, 0.15) is 11.6 Å². The van der Waals surface area contributed by atoms with Gasteiger partial charge in [0.05, 0.1) is 5.56 Å². The lowest BCUT2D eigenvalue weighted by Crippen LogP contribution is -2.16. The first-order chi connectivity index (χ1) is 9.49. The number of hydrogen-bond donors (Lipinski definition) is 2. The first kappa shape index (κ1) is 14.5. The Labute approximate surface area is 126 Å². The fourth-order valence-corrected chi connectivity index (χ4v) is 2.23. The molecule has 0 aliphatic rings. The highest BCUT2D eigenvalue weighted by molar-refractivity contribution is 9.10. The number of amides is 1. The molecule has 0 aliphatic carbocycles. The number of rotatable bonds is 3. The maximum atomic E-state index is 12.3. The molecule has 0 saturated heterocycles. The molecule has 6 heteroatoms. The summed E-state index contributed by atoms with van der Waals surface area (Å²) in [5, 5.41) is 5.69. The maximum absolute atomic E-state index is 12.3. The molecule has 2 heterocycles. The van der Waals surface area contributed by atoms with E-state index in [0.29, 0.717) is 17.2 Å². The molecule has 0 bridgehead atoms. The number of carbonyl (C=O) groups excluding carboxylic acids is 1. The third-order valence-electron chi connectivity index (χ3n) is 2.68. The van der Waals surface area contributed by atoms with Crippen molar-refractivity contribution in [1.82, 2.24) is 9.97 Å². The number of carbonyl (C=O) groups is 1. The molecule has 0 fully saturated rings. The Kier molecular flexibility index (Phi) is 4.34. The second kappa shape index (κ2) is 6.00. The van der Waals surface area contributed by atoms with E-state index >= 15 is 0 Å². The summed E-state index contributed by atoms with van der Waals surface area (Å²) >= 11 is 3.32. The molecule has 2 aromatic rings. The van der Waals surface area contributed by atoms with Crippen LogP contribution in [0.15, 0.2) is 28.9 Å². The van der Waals surface area contributed by atoms with E-state index in [4.69, 9.17) is 0 Å². The van der Waals surface area contributed by atoms with Gasteiger partial charge in [-0.1, -0.05) is 0 Å². The Balaban J connectivity index is 2.30. The quantitative estimate of drug-likeness (QED) is 0.904. The van der Waals surface area contributed by atoms with Gasteiger partial charge in [-0.05, 0) is 53.5 Å². The van der Waals surface area contributed by atoms with Crippen molar-refractivity contribution in [2.45, 2.75) is 13.8 Å². The number of aryl methyl sites for hydroxylation is 2. The van der Waals surface area contributed by atoms with Gasteiger partial charge in [0.25, 0.3) is 5.91 Å². The normalized spacial score (nSPS) is 10.2. The maximum Gasteiger partial charge on any atom is 0.260 e. The van der Waals surface area contributed by atoms with Crippen LogP contribution < -0.4 is 10.6 Å². The van der Waals surface area contributed by atoms with E-state index < -0.39 is 0 Å². The van der Waals surface area contributed by atoms with Crippen LogP contribution in [0.4, 0.5) is 11.6 Å². The summed E-state index contributed by atoms with van der Waals surface area (Å²) in [6.07, 6.45) is 1.64. The van der Waals surface area contributed by atoms with Crippen LogP contribution in [0, 0.1) is 13.8 Å². The fraction of sp³-hybridized carbons (Fsp3) is 0.214. The second-order valence-electron chi connectivity index (χ2n) is 4.42. The average Bonchev–Trinajstić information content (AvgIpc) is 2.37. The zero-order chi connectivity index (χ0) is 14.7. The van der Waals surface area contributed by atoms with E-state index in [1.807, 2.05) is 26.0 Å². The summed E-state index contributed by atoms with van der Waals surface area (Å²) in [6, 6.07) is 5.50. The van der Waals surface area contributed by atoms with E-state index in [1.54, 1.807) is 19.3 Å². The molecule has 2 N–H and O–H groups in total. The van der Waals surface area contributed by atoms with Gasteiger partial charge in [-0.25, -0.2) is 9.97 Å². The van der Waals surface area contributed by atoms with E-state index in [-0.39, 0.29) is 5.91 Å². The van der Waals surface area contributed by atoms with Crippen molar-refractivity contribution in [2.75, 3.05) is 17.7 Å². The van der Waals surface area contributed by atoms with Crippen LogP contribution in [0.5, 0.6) is 0 Å². The highest BCUT2D eigenvalue weighted by Crippen LogP contribution is 2.19.